The van der Waals surface area contributed by atoms with E-state index in [1.54, 1.807) is 31.0 Å². The zero-order chi connectivity index (χ0) is 22.6. The number of aromatic nitrogens is 9. The van der Waals surface area contributed by atoms with Crippen molar-refractivity contribution < 1.29 is 0 Å². The molecule has 0 amide bonds. The summed E-state index contributed by atoms with van der Waals surface area (Å²) in [5.41, 5.74) is 2.45. The molecule has 0 radical (unpaired) electrons. The first-order valence-corrected chi connectivity index (χ1v) is 11.2. The van der Waals surface area contributed by atoms with Crippen LogP contribution in [0.1, 0.15) is 0 Å². The van der Waals surface area contributed by atoms with Gasteiger partial charge >= 0.3 is 0 Å². The minimum atomic E-state index is 0.304. The highest BCUT2D eigenvalue weighted by atomic mass is 32.2. The molecule has 5 rings (SSSR count). The number of pyridine rings is 3. The van der Waals surface area contributed by atoms with Crippen molar-refractivity contribution in [3.63, 3.8) is 0 Å². The predicted octanol–water partition coefficient (Wildman–Crippen LogP) is 4.72. The summed E-state index contributed by atoms with van der Waals surface area (Å²) in [6.07, 6.45) is 8.50. The van der Waals surface area contributed by atoms with Gasteiger partial charge in [-0.1, -0.05) is 0 Å². The van der Waals surface area contributed by atoms with Crippen molar-refractivity contribution in [2.75, 3.05) is 0 Å². The SMILES string of the molecule is S=c1nc(Sc2cc(-c3nc(-c4ccncc4)nc(-c4ccncc4)n3)ccn2)[nH]c(=S)[nH]1. The fourth-order valence-corrected chi connectivity index (χ4v) is 4.25. The zero-order valence-electron chi connectivity index (χ0n) is 16.7. The Bertz CT molecular complexity index is 1450. The molecule has 33 heavy (non-hydrogen) atoms. The Balaban J connectivity index is 1.59. The van der Waals surface area contributed by atoms with Crippen molar-refractivity contribution in [2.24, 2.45) is 0 Å². The maximum Gasteiger partial charge on any atom is 0.201 e. The van der Waals surface area contributed by atoms with E-state index >= 15 is 0 Å². The second-order valence-electron chi connectivity index (χ2n) is 6.56. The highest BCUT2D eigenvalue weighted by Crippen LogP contribution is 2.28. The van der Waals surface area contributed by atoms with Crippen LogP contribution in [0.3, 0.4) is 0 Å². The number of nitrogens with zero attached hydrogens (tertiary/aromatic N) is 7. The van der Waals surface area contributed by atoms with Gasteiger partial charge in [-0.2, -0.15) is 4.98 Å². The minimum absolute atomic E-state index is 0.304. The van der Waals surface area contributed by atoms with Crippen LogP contribution in [0.5, 0.6) is 0 Å². The maximum atomic E-state index is 5.14. The summed E-state index contributed by atoms with van der Waals surface area (Å²) in [5, 5.41) is 1.22. The minimum Gasteiger partial charge on any atom is -0.311 e. The monoisotopic (exact) mass is 487 g/mol. The predicted molar refractivity (Wildman–Crippen MR) is 128 cm³/mol. The number of nitrogens with one attached hydrogen (secondary N) is 2. The molecule has 5 heterocycles. The lowest BCUT2D eigenvalue weighted by atomic mass is 10.2. The Morgan fingerprint density at radius 2 is 1.18 bits per heavy atom. The summed E-state index contributed by atoms with van der Waals surface area (Å²) in [6, 6.07) is 11.2. The van der Waals surface area contributed by atoms with Gasteiger partial charge in [0.05, 0.1) is 0 Å². The second kappa shape index (κ2) is 9.40. The van der Waals surface area contributed by atoms with Gasteiger partial charge in [-0.3, -0.25) is 9.97 Å². The lowest BCUT2D eigenvalue weighted by Crippen LogP contribution is -2.00. The van der Waals surface area contributed by atoms with Crippen LogP contribution in [0, 0.1) is 9.54 Å². The Labute approximate surface area is 201 Å². The van der Waals surface area contributed by atoms with Crippen molar-refractivity contribution in [2.45, 2.75) is 10.2 Å². The molecule has 0 atom stereocenters. The van der Waals surface area contributed by atoms with Gasteiger partial charge in [-0.25, -0.2) is 19.9 Å². The van der Waals surface area contributed by atoms with Crippen molar-refractivity contribution in [1.29, 1.82) is 0 Å². The first kappa shape index (κ1) is 21.1. The van der Waals surface area contributed by atoms with Gasteiger partial charge in [-0.05, 0) is 72.6 Å². The Kier molecular flexibility index (Phi) is 6.02. The summed E-state index contributed by atoms with van der Waals surface area (Å²) in [4.78, 5) is 36.7. The van der Waals surface area contributed by atoms with Crippen LogP contribution in [0.4, 0.5) is 0 Å². The van der Waals surface area contributed by atoms with Crippen molar-refractivity contribution in [3.05, 3.63) is 76.9 Å². The van der Waals surface area contributed by atoms with Gasteiger partial charge in [0.25, 0.3) is 0 Å². The van der Waals surface area contributed by atoms with Crippen molar-refractivity contribution in [3.8, 4) is 34.2 Å². The first-order valence-electron chi connectivity index (χ1n) is 9.56. The van der Waals surface area contributed by atoms with Crippen LogP contribution in [-0.4, -0.2) is 44.9 Å². The summed E-state index contributed by atoms with van der Waals surface area (Å²) < 4.78 is 0.703. The van der Waals surface area contributed by atoms with Crippen molar-refractivity contribution >= 4 is 36.2 Å². The number of aromatic amines is 2. The molecule has 0 aromatic carbocycles. The average molecular weight is 488 g/mol. The largest absolute Gasteiger partial charge is 0.311 e. The average Bonchev–Trinajstić information content (AvgIpc) is 2.84. The molecule has 5 aromatic heterocycles. The maximum absolute atomic E-state index is 5.14. The van der Waals surface area contributed by atoms with Gasteiger partial charge in [-0.15, -0.1) is 0 Å². The quantitative estimate of drug-likeness (QED) is 0.337. The molecule has 160 valence electrons. The Morgan fingerprint density at radius 3 is 1.76 bits per heavy atom. The molecule has 0 spiro atoms. The van der Waals surface area contributed by atoms with E-state index in [1.165, 1.54) is 11.8 Å². The molecule has 0 fully saturated rings. The molecule has 12 heteroatoms. The molecule has 0 saturated heterocycles. The second-order valence-corrected chi connectivity index (χ2v) is 8.37. The standard InChI is InChI=1S/C21H13N9S3/c31-19-28-20(32)30-21(29-19)33-15-11-14(5-10-24-15)18-26-16(12-1-6-22-7-2-12)25-17(27-18)13-3-8-23-9-4-13/h1-11H,(H2,28,29,30,31,32). The summed E-state index contributed by atoms with van der Waals surface area (Å²) in [7, 11) is 0. The lowest BCUT2D eigenvalue weighted by molar-refractivity contribution is 0.869. The highest BCUT2D eigenvalue weighted by molar-refractivity contribution is 7.99. The zero-order valence-corrected chi connectivity index (χ0v) is 19.2. The molecular formula is C21H13N9S3. The number of hydrogen-bond acceptors (Lipinski definition) is 10. The third-order valence-corrected chi connectivity index (χ3v) is 5.57. The third kappa shape index (κ3) is 5.03. The molecule has 0 saturated carbocycles. The van der Waals surface area contributed by atoms with Crippen LogP contribution in [0.15, 0.2) is 77.6 Å². The smallest absolute Gasteiger partial charge is 0.201 e. The molecular weight excluding hydrogens is 474 g/mol. The van der Waals surface area contributed by atoms with E-state index in [9.17, 15) is 0 Å². The van der Waals surface area contributed by atoms with Crippen LogP contribution >= 0.6 is 36.2 Å². The molecule has 9 nitrogen and oxygen atoms in total. The Morgan fingerprint density at radius 1 is 0.636 bits per heavy atom. The van der Waals surface area contributed by atoms with Crippen LogP contribution in [0.2, 0.25) is 0 Å². The fraction of sp³-hybridized carbons (Fsp3) is 0. The number of rotatable bonds is 5. The van der Waals surface area contributed by atoms with Gasteiger partial charge in [0.15, 0.2) is 27.4 Å². The van der Waals surface area contributed by atoms with Crippen molar-refractivity contribution in [1.82, 2.24) is 44.9 Å². The molecule has 2 N–H and O–H groups in total. The van der Waals surface area contributed by atoms with E-state index in [0.29, 0.717) is 37.2 Å². The highest BCUT2D eigenvalue weighted by Gasteiger charge is 2.13. The molecule has 0 aliphatic carbocycles. The van der Waals surface area contributed by atoms with E-state index in [1.807, 2.05) is 36.4 Å². The van der Waals surface area contributed by atoms with Gasteiger partial charge < -0.3 is 9.97 Å². The first-order chi connectivity index (χ1) is 16.1. The lowest BCUT2D eigenvalue weighted by Gasteiger charge is -2.08. The summed E-state index contributed by atoms with van der Waals surface area (Å²) in [6.45, 7) is 0. The summed E-state index contributed by atoms with van der Waals surface area (Å²) >= 11 is 11.6. The normalized spacial score (nSPS) is 10.8. The van der Waals surface area contributed by atoms with E-state index in [2.05, 4.69) is 34.9 Å². The Hall–Kier alpha value is -3.74. The summed E-state index contributed by atoms with van der Waals surface area (Å²) in [5.74, 6) is 1.60. The fourth-order valence-electron chi connectivity index (χ4n) is 2.89. The molecule has 0 aliphatic heterocycles. The van der Waals surface area contributed by atoms with Gasteiger partial charge in [0.1, 0.15) is 5.03 Å². The van der Waals surface area contributed by atoms with Gasteiger partial charge in [0.2, 0.25) is 4.77 Å². The number of H-pyrrole nitrogens is 2. The molecule has 5 aromatic rings. The molecule has 0 aliphatic rings. The van der Waals surface area contributed by atoms with Crippen LogP contribution in [0.25, 0.3) is 34.2 Å². The third-order valence-electron chi connectivity index (χ3n) is 4.35. The molecule has 0 bridgehead atoms. The van der Waals surface area contributed by atoms with E-state index in [4.69, 9.17) is 34.4 Å². The van der Waals surface area contributed by atoms with Crippen LogP contribution in [-0.2, 0) is 0 Å². The van der Waals surface area contributed by atoms with E-state index in [-0.39, 0.29) is 0 Å². The van der Waals surface area contributed by atoms with Crippen LogP contribution < -0.4 is 0 Å². The molecule has 0 unspecified atom stereocenters. The topological polar surface area (TPSA) is 122 Å². The number of hydrogen-bond donors (Lipinski definition) is 2. The van der Waals surface area contributed by atoms with E-state index in [0.717, 1.165) is 16.7 Å². The van der Waals surface area contributed by atoms with Gasteiger partial charge in [0, 0.05) is 47.7 Å². The van der Waals surface area contributed by atoms with E-state index < -0.39 is 0 Å².